The molecule has 2 aliphatic rings. The maximum Gasteiger partial charge on any atom is 0.201 e. The molecule has 2 aromatic rings. The van der Waals surface area contributed by atoms with Crippen molar-refractivity contribution in [2.45, 2.75) is 71.3 Å². The molecule has 2 unspecified atom stereocenters. The van der Waals surface area contributed by atoms with E-state index in [4.69, 9.17) is 9.47 Å². The van der Waals surface area contributed by atoms with E-state index in [0.29, 0.717) is 24.9 Å². The van der Waals surface area contributed by atoms with E-state index in [2.05, 4.69) is 6.92 Å². The molecular weight excluding hydrogens is 444 g/mol. The number of halogens is 4. The van der Waals surface area contributed by atoms with Crippen LogP contribution in [0.15, 0.2) is 24.3 Å². The summed E-state index contributed by atoms with van der Waals surface area (Å²) in [6.45, 7) is 4.60. The Balaban J connectivity index is 1.44. The Morgan fingerprint density at radius 3 is 2.03 bits per heavy atom. The second-order valence-electron chi connectivity index (χ2n) is 9.73. The molecule has 1 heterocycles. The molecule has 2 atom stereocenters. The normalized spacial score (nSPS) is 25.4. The van der Waals surface area contributed by atoms with Crippen molar-refractivity contribution in [2.75, 3.05) is 13.2 Å². The summed E-state index contributed by atoms with van der Waals surface area (Å²) in [4.78, 5) is 0. The zero-order chi connectivity index (χ0) is 24.2. The minimum Gasteiger partial charge on any atom is -0.491 e. The first kappa shape index (κ1) is 25.0. The van der Waals surface area contributed by atoms with E-state index in [1.807, 2.05) is 0 Å². The molecule has 0 aromatic heterocycles. The summed E-state index contributed by atoms with van der Waals surface area (Å²) in [5.74, 6) is -3.03. The molecule has 1 aliphatic heterocycles. The molecule has 0 spiro atoms. The topological polar surface area (TPSA) is 18.5 Å². The molecule has 0 bridgehead atoms. The van der Waals surface area contributed by atoms with Gasteiger partial charge in [-0.25, -0.2) is 13.2 Å². The smallest absolute Gasteiger partial charge is 0.201 e. The van der Waals surface area contributed by atoms with Crippen LogP contribution in [0.4, 0.5) is 17.6 Å². The summed E-state index contributed by atoms with van der Waals surface area (Å²) in [6, 6.07) is 5.17. The van der Waals surface area contributed by atoms with Crippen molar-refractivity contribution in [3.05, 3.63) is 53.1 Å². The van der Waals surface area contributed by atoms with Crippen molar-refractivity contribution in [2.24, 2.45) is 17.8 Å². The zero-order valence-corrected chi connectivity index (χ0v) is 20.0. The summed E-state index contributed by atoms with van der Waals surface area (Å²) < 4.78 is 69.9. The Hall–Kier alpha value is -2.08. The molecule has 2 nitrogen and oxygen atoms in total. The monoisotopic (exact) mass is 478 g/mol. The minimum absolute atomic E-state index is 0.137. The standard InChI is InChI=1S/C28H34F4O2/c1-3-5-17-6-8-18(9-7-17)19-10-14-23(34-16-19)22-12-11-20(25(29)27(22)31)21-13-15-24(33-4-2)28(32)26(21)30/h11-13,15,17-19,23H,3-10,14,16H2,1-2H3. The van der Waals surface area contributed by atoms with Gasteiger partial charge in [0, 0.05) is 16.7 Å². The van der Waals surface area contributed by atoms with Gasteiger partial charge in [-0.2, -0.15) is 4.39 Å². The van der Waals surface area contributed by atoms with Crippen LogP contribution in [0.25, 0.3) is 11.1 Å². The second kappa shape index (κ2) is 11.1. The molecule has 186 valence electrons. The highest BCUT2D eigenvalue weighted by Gasteiger charge is 2.33. The lowest BCUT2D eigenvalue weighted by atomic mass is 9.73. The van der Waals surface area contributed by atoms with Crippen molar-refractivity contribution in [1.29, 1.82) is 0 Å². The van der Waals surface area contributed by atoms with E-state index in [1.165, 1.54) is 62.8 Å². The second-order valence-corrected chi connectivity index (χ2v) is 9.73. The molecule has 34 heavy (non-hydrogen) atoms. The van der Waals surface area contributed by atoms with Gasteiger partial charge in [-0.15, -0.1) is 0 Å². The van der Waals surface area contributed by atoms with Crippen molar-refractivity contribution in [1.82, 2.24) is 0 Å². The first-order chi connectivity index (χ1) is 16.4. The van der Waals surface area contributed by atoms with E-state index in [0.717, 1.165) is 12.3 Å². The number of hydrogen-bond donors (Lipinski definition) is 0. The number of rotatable bonds is 7. The van der Waals surface area contributed by atoms with Crippen molar-refractivity contribution in [3.63, 3.8) is 0 Å². The first-order valence-electron chi connectivity index (χ1n) is 12.6. The molecule has 4 rings (SSSR count). The van der Waals surface area contributed by atoms with Gasteiger partial charge >= 0.3 is 0 Å². The first-order valence-corrected chi connectivity index (χ1v) is 12.6. The van der Waals surface area contributed by atoms with Gasteiger partial charge in [-0.05, 0) is 62.5 Å². The largest absolute Gasteiger partial charge is 0.491 e. The lowest BCUT2D eigenvalue weighted by Crippen LogP contribution is -2.30. The van der Waals surface area contributed by atoms with Gasteiger partial charge in [0.1, 0.15) is 0 Å². The van der Waals surface area contributed by atoms with E-state index >= 15 is 4.39 Å². The Labute approximate surface area is 199 Å². The predicted molar refractivity (Wildman–Crippen MR) is 125 cm³/mol. The molecule has 1 saturated carbocycles. The Morgan fingerprint density at radius 2 is 1.41 bits per heavy atom. The van der Waals surface area contributed by atoms with Crippen LogP contribution in [0.1, 0.15) is 76.9 Å². The average Bonchev–Trinajstić information content (AvgIpc) is 2.85. The fourth-order valence-corrected chi connectivity index (χ4v) is 5.77. The fraction of sp³-hybridized carbons (Fsp3) is 0.571. The molecule has 1 saturated heterocycles. The summed E-state index contributed by atoms with van der Waals surface area (Å²) in [6.07, 6.45) is 8.59. The molecule has 6 heteroatoms. The maximum absolute atomic E-state index is 15.0. The van der Waals surface area contributed by atoms with E-state index in [9.17, 15) is 13.2 Å². The Morgan fingerprint density at radius 1 is 0.765 bits per heavy atom. The molecule has 2 fully saturated rings. The van der Waals surface area contributed by atoms with Gasteiger partial charge in [0.2, 0.25) is 5.82 Å². The van der Waals surface area contributed by atoms with Crippen molar-refractivity contribution in [3.8, 4) is 16.9 Å². The maximum atomic E-state index is 15.0. The van der Waals surface area contributed by atoms with Crippen LogP contribution in [0.3, 0.4) is 0 Å². The van der Waals surface area contributed by atoms with Crippen LogP contribution < -0.4 is 4.74 Å². The van der Waals surface area contributed by atoms with Crippen LogP contribution in [-0.2, 0) is 4.74 Å². The van der Waals surface area contributed by atoms with Crippen LogP contribution in [0.2, 0.25) is 0 Å². The third-order valence-electron chi connectivity index (χ3n) is 7.66. The lowest BCUT2D eigenvalue weighted by Gasteiger charge is -2.38. The summed E-state index contributed by atoms with van der Waals surface area (Å²) in [5, 5.41) is 0. The summed E-state index contributed by atoms with van der Waals surface area (Å²) in [7, 11) is 0. The van der Waals surface area contributed by atoms with Crippen LogP contribution in [0.5, 0.6) is 5.75 Å². The van der Waals surface area contributed by atoms with E-state index in [1.54, 1.807) is 6.92 Å². The quantitative estimate of drug-likeness (QED) is 0.372. The number of benzene rings is 2. The van der Waals surface area contributed by atoms with Gasteiger partial charge in [-0.1, -0.05) is 44.7 Å². The summed E-state index contributed by atoms with van der Waals surface area (Å²) >= 11 is 0. The molecule has 0 radical (unpaired) electrons. The SMILES string of the molecule is CCCC1CCC(C2CCC(c3ccc(-c4ccc(OCC)c(F)c4F)c(F)c3F)OC2)CC1. The molecule has 2 aromatic carbocycles. The Bertz CT molecular complexity index is 977. The zero-order valence-electron chi connectivity index (χ0n) is 20.0. The van der Waals surface area contributed by atoms with E-state index < -0.39 is 29.4 Å². The van der Waals surface area contributed by atoms with E-state index in [-0.39, 0.29) is 29.0 Å². The third-order valence-corrected chi connectivity index (χ3v) is 7.66. The van der Waals surface area contributed by atoms with Gasteiger partial charge in [0.15, 0.2) is 23.2 Å². The number of ether oxygens (including phenoxy) is 2. The summed E-state index contributed by atoms with van der Waals surface area (Å²) in [5.41, 5.74) is -0.524. The Kier molecular flexibility index (Phi) is 8.18. The number of hydrogen-bond acceptors (Lipinski definition) is 2. The lowest BCUT2D eigenvalue weighted by molar-refractivity contribution is -0.0420. The van der Waals surface area contributed by atoms with Gasteiger partial charge < -0.3 is 9.47 Å². The van der Waals surface area contributed by atoms with Gasteiger partial charge in [0.05, 0.1) is 19.3 Å². The molecule has 1 aliphatic carbocycles. The minimum atomic E-state index is -1.26. The highest BCUT2D eigenvalue weighted by molar-refractivity contribution is 5.66. The van der Waals surface area contributed by atoms with Gasteiger partial charge in [-0.3, -0.25) is 0 Å². The van der Waals surface area contributed by atoms with Gasteiger partial charge in [0.25, 0.3) is 0 Å². The third kappa shape index (κ3) is 5.12. The highest BCUT2D eigenvalue weighted by atomic mass is 19.2. The van der Waals surface area contributed by atoms with Crippen LogP contribution in [-0.4, -0.2) is 13.2 Å². The van der Waals surface area contributed by atoms with Crippen LogP contribution in [0, 0.1) is 41.0 Å². The average molecular weight is 479 g/mol. The van der Waals surface area contributed by atoms with Crippen molar-refractivity contribution >= 4 is 0 Å². The molecule has 0 N–H and O–H groups in total. The van der Waals surface area contributed by atoms with Crippen LogP contribution >= 0.6 is 0 Å². The molecule has 0 amide bonds. The molecular formula is C28H34F4O2. The van der Waals surface area contributed by atoms with Crippen molar-refractivity contribution < 1.29 is 27.0 Å². The fourth-order valence-electron chi connectivity index (χ4n) is 5.77. The highest BCUT2D eigenvalue weighted by Crippen LogP contribution is 2.42. The predicted octanol–water partition coefficient (Wildman–Crippen LogP) is 8.38.